The molecule has 102 valence electrons. The molecule has 10 nitrogen and oxygen atoms in total. The third-order valence-corrected chi connectivity index (χ3v) is 2.09. The van der Waals surface area contributed by atoms with Crippen LogP contribution in [-0.4, -0.2) is 39.0 Å². The van der Waals surface area contributed by atoms with Gasteiger partial charge in [0.15, 0.2) is 0 Å². The van der Waals surface area contributed by atoms with Crippen molar-refractivity contribution in [3.63, 3.8) is 0 Å². The molecule has 0 heterocycles. The van der Waals surface area contributed by atoms with Gasteiger partial charge in [0.05, 0.1) is 34.8 Å². The number of benzene rings is 1. The van der Waals surface area contributed by atoms with Crippen LogP contribution >= 0.6 is 0 Å². The maximum atomic E-state index is 10.8. The van der Waals surface area contributed by atoms with Gasteiger partial charge in [-0.15, -0.1) is 0 Å². The van der Waals surface area contributed by atoms with E-state index in [1.54, 1.807) is 0 Å². The first kappa shape index (κ1) is 14.5. The fourth-order valence-electron chi connectivity index (χ4n) is 1.14. The maximum Gasteiger partial charge on any atom is 0.301 e. The third kappa shape index (κ3) is 3.69. The van der Waals surface area contributed by atoms with Gasteiger partial charge in [-0.2, -0.15) is 5.10 Å². The van der Waals surface area contributed by atoms with Gasteiger partial charge in [-0.3, -0.25) is 25.7 Å². The largest absolute Gasteiger partial charge is 0.390 e. The first-order valence-electron chi connectivity index (χ1n) is 4.95. The monoisotopic (exact) mass is 270 g/mol. The van der Waals surface area contributed by atoms with Crippen molar-refractivity contribution in [2.45, 2.75) is 0 Å². The number of aliphatic hydroxyl groups is 2. The van der Waals surface area contributed by atoms with E-state index in [1.165, 1.54) is 0 Å². The topological polar surface area (TPSA) is 151 Å². The zero-order valence-electron chi connectivity index (χ0n) is 9.52. The highest BCUT2D eigenvalue weighted by Crippen LogP contribution is 2.28. The summed E-state index contributed by atoms with van der Waals surface area (Å²) in [5, 5.41) is 42.3. The number of nitrogens with zero attached hydrogens (tertiary/aromatic N) is 3. The molecule has 10 heteroatoms. The lowest BCUT2D eigenvalue weighted by molar-refractivity contribution is -0.393. The number of nitro benzene ring substituents is 2. The van der Waals surface area contributed by atoms with Gasteiger partial charge in [-0.25, -0.2) is 0 Å². The molecule has 0 aliphatic rings. The van der Waals surface area contributed by atoms with Gasteiger partial charge >= 0.3 is 5.69 Å². The van der Waals surface area contributed by atoms with Crippen LogP contribution in [0, 0.1) is 20.2 Å². The van der Waals surface area contributed by atoms with E-state index in [0.717, 1.165) is 18.2 Å². The van der Waals surface area contributed by atoms with Gasteiger partial charge in [-0.1, -0.05) is 0 Å². The first-order valence-corrected chi connectivity index (χ1v) is 4.95. The third-order valence-electron chi connectivity index (χ3n) is 2.09. The van der Waals surface area contributed by atoms with Crippen molar-refractivity contribution in [3.8, 4) is 0 Å². The molecule has 0 saturated heterocycles. The Bertz CT molecular complexity index is 523. The fraction of sp³-hybridized carbons (Fsp3) is 0.222. The van der Waals surface area contributed by atoms with Crippen LogP contribution in [-0.2, 0) is 0 Å². The Balaban J connectivity index is 3.10. The van der Waals surface area contributed by atoms with Gasteiger partial charge in [0.25, 0.3) is 5.69 Å². The van der Waals surface area contributed by atoms with E-state index in [2.05, 4.69) is 10.5 Å². The minimum Gasteiger partial charge on any atom is -0.390 e. The number of nitro groups is 2. The summed E-state index contributed by atoms with van der Waals surface area (Å²) in [5.41, 5.74) is 1.18. The Labute approximate surface area is 106 Å². The number of hydrogen-bond donors (Lipinski definition) is 3. The molecule has 1 aromatic rings. The number of anilines is 1. The standard InChI is InChI=1S/C9H10N4O6/c14-4-6(5-15)10-11-8-2-1-7(12(16)17)3-9(8)13(18)19/h1-3,11,14-15H,4-5H2. The molecule has 1 aromatic carbocycles. The van der Waals surface area contributed by atoms with Crippen LogP contribution in [0.3, 0.4) is 0 Å². The summed E-state index contributed by atoms with van der Waals surface area (Å²) in [6.45, 7) is -1.05. The van der Waals surface area contributed by atoms with Crippen LogP contribution in [0.15, 0.2) is 23.3 Å². The Kier molecular flexibility index (Phi) is 4.85. The molecule has 3 N–H and O–H groups in total. The molecular weight excluding hydrogens is 260 g/mol. The van der Waals surface area contributed by atoms with Gasteiger partial charge in [0.1, 0.15) is 5.69 Å². The van der Waals surface area contributed by atoms with Gasteiger partial charge < -0.3 is 10.2 Å². The molecule has 1 rings (SSSR count). The second-order valence-corrected chi connectivity index (χ2v) is 3.32. The number of non-ortho nitro benzene ring substituents is 1. The summed E-state index contributed by atoms with van der Waals surface area (Å²) >= 11 is 0. The van der Waals surface area contributed by atoms with Crippen LogP contribution in [0.4, 0.5) is 17.1 Å². The van der Waals surface area contributed by atoms with Crippen molar-refractivity contribution in [2.24, 2.45) is 5.10 Å². The zero-order valence-corrected chi connectivity index (χ0v) is 9.52. The van der Waals surface area contributed by atoms with E-state index < -0.39 is 34.4 Å². The maximum absolute atomic E-state index is 10.8. The Morgan fingerprint density at radius 2 is 1.84 bits per heavy atom. The van der Waals surface area contributed by atoms with Gasteiger partial charge in [0, 0.05) is 6.07 Å². The van der Waals surface area contributed by atoms with E-state index in [9.17, 15) is 20.2 Å². The number of rotatable bonds is 6. The highest BCUT2D eigenvalue weighted by atomic mass is 16.6. The van der Waals surface area contributed by atoms with Crippen molar-refractivity contribution >= 4 is 22.8 Å². The van der Waals surface area contributed by atoms with Crippen molar-refractivity contribution in [1.82, 2.24) is 0 Å². The summed E-state index contributed by atoms with van der Waals surface area (Å²) in [4.78, 5) is 19.7. The molecule has 0 unspecified atom stereocenters. The lowest BCUT2D eigenvalue weighted by atomic mass is 10.2. The summed E-state index contributed by atoms with van der Waals surface area (Å²) in [6.07, 6.45) is 0. The average molecular weight is 270 g/mol. The molecule has 0 aliphatic carbocycles. The second-order valence-electron chi connectivity index (χ2n) is 3.32. The molecule has 0 amide bonds. The molecule has 0 aromatic heterocycles. The molecule has 19 heavy (non-hydrogen) atoms. The van der Waals surface area contributed by atoms with Gasteiger partial charge in [-0.05, 0) is 6.07 Å². The minimum atomic E-state index is -0.803. The number of hydrazone groups is 1. The predicted molar refractivity (Wildman–Crippen MR) is 65.0 cm³/mol. The van der Waals surface area contributed by atoms with E-state index >= 15 is 0 Å². The summed E-state index contributed by atoms with van der Waals surface area (Å²) < 4.78 is 0. The molecule has 0 saturated carbocycles. The highest BCUT2D eigenvalue weighted by Gasteiger charge is 2.19. The van der Waals surface area contributed by atoms with Crippen molar-refractivity contribution in [1.29, 1.82) is 0 Å². The smallest absolute Gasteiger partial charge is 0.301 e. The Morgan fingerprint density at radius 1 is 1.21 bits per heavy atom. The quantitative estimate of drug-likeness (QED) is 0.380. The van der Waals surface area contributed by atoms with E-state index in [0.29, 0.717) is 0 Å². The van der Waals surface area contributed by atoms with Crippen LogP contribution < -0.4 is 5.43 Å². The SMILES string of the molecule is O=[N+]([O-])c1ccc(NN=C(CO)CO)c([N+](=O)[O-])c1. The Morgan fingerprint density at radius 3 is 2.32 bits per heavy atom. The van der Waals surface area contributed by atoms with Gasteiger partial charge in [0.2, 0.25) is 0 Å². The second kappa shape index (κ2) is 6.37. The molecule has 0 aliphatic heterocycles. The van der Waals surface area contributed by atoms with E-state index in [1.807, 2.05) is 0 Å². The van der Waals surface area contributed by atoms with Crippen LogP contribution in [0.5, 0.6) is 0 Å². The molecule has 0 spiro atoms. The van der Waals surface area contributed by atoms with E-state index in [-0.39, 0.29) is 11.4 Å². The zero-order chi connectivity index (χ0) is 14.4. The molecule has 0 radical (unpaired) electrons. The summed E-state index contributed by atoms with van der Waals surface area (Å²) in [7, 11) is 0. The van der Waals surface area contributed by atoms with Crippen LogP contribution in [0.2, 0.25) is 0 Å². The summed E-state index contributed by atoms with van der Waals surface area (Å²) in [5.74, 6) is 0. The molecule has 0 fully saturated rings. The molecular formula is C9H10N4O6. The van der Waals surface area contributed by atoms with Crippen molar-refractivity contribution in [2.75, 3.05) is 18.6 Å². The van der Waals surface area contributed by atoms with E-state index in [4.69, 9.17) is 10.2 Å². The predicted octanol–water partition coefficient (Wildman–Crippen LogP) is 0.255. The van der Waals surface area contributed by atoms with Crippen molar-refractivity contribution in [3.05, 3.63) is 38.4 Å². The molecule has 0 atom stereocenters. The highest BCUT2D eigenvalue weighted by molar-refractivity contribution is 5.87. The number of hydrogen-bond acceptors (Lipinski definition) is 8. The van der Waals surface area contributed by atoms with Crippen LogP contribution in [0.25, 0.3) is 0 Å². The molecule has 0 bridgehead atoms. The summed E-state index contributed by atoms with van der Waals surface area (Å²) in [6, 6.07) is 2.98. The fourth-order valence-corrected chi connectivity index (χ4v) is 1.14. The van der Waals surface area contributed by atoms with Crippen LogP contribution in [0.1, 0.15) is 0 Å². The number of aliphatic hydroxyl groups excluding tert-OH is 2. The normalized spacial score (nSPS) is 9.79. The minimum absolute atomic E-state index is 0.0346. The average Bonchev–Trinajstić information content (AvgIpc) is 2.39. The number of nitrogens with one attached hydrogen (secondary N) is 1. The lowest BCUT2D eigenvalue weighted by Crippen LogP contribution is -2.12. The van der Waals surface area contributed by atoms with Crippen molar-refractivity contribution < 1.29 is 20.1 Å². The Hall–Kier alpha value is -2.59. The lowest BCUT2D eigenvalue weighted by Gasteiger charge is -2.03. The first-order chi connectivity index (χ1) is 8.99.